The average Bonchev–Trinajstić information content (AvgIpc) is 2.22. The minimum Gasteiger partial charge on any atom is -0.391 e. The standard InChI is InChI=1S/C13H23N/c1-2-4-6-8-10-12-14-13-11-9-7-5-3-1/h4,6,10,12,14H,1-3,5,7-9,11,13H2. The molecule has 0 aromatic heterocycles. The molecular formula is C13H23N. The summed E-state index contributed by atoms with van der Waals surface area (Å²) in [4.78, 5) is 0. The molecular weight excluding hydrogens is 170 g/mol. The lowest BCUT2D eigenvalue weighted by molar-refractivity contribution is 0.588. The zero-order valence-corrected chi connectivity index (χ0v) is 9.17. The number of rotatable bonds is 0. The second kappa shape index (κ2) is 8.86. The molecule has 1 rings (SSSR count). The zero-order chi connectivity index (χ0) is 9.90. The Kier molecular flexibility index (Phi) is 7.19. The van der Waals surface area contributed by atoms with Crippen molar-refractivity contribution in [1.29, 1.82) is 0 Å². The smallest absolute Gasteiger partial charge is 0.0141 e. The highest BCUT2D eigenvalue weighted by molar-refractivity contribution is 4.91. The molecule has 0 amide bonds. The monoisotopic (exact) mass is 193 g/mol. The predicted molar refractivity (Wildman–Crippen MR) is 63.2 cm³/mol. The number of hydrogen-bond donors (Lipinski definition) is 1. The molecule has 0 aromatic rings. The summed E-state index contributed by atoms with van der Waals surface area (Å²) >= 11 is 0. The second-order valence-corrected chi connectivity index (χ2v) is 3.97. The number of nitrogens with one attached hydrogen (secondary N) is 1. The molecule has 0 saturated carbocycles. The van der Waals surface area contributed by atoms with Gasteiger partial charge in [-0.15, -0.1) is 0 Å². The predicted octanol–water partition coefficient (Wildman–Crippen LogP) is 3.78. The summed E-state index contributed by atoms with van der Waals surface area (Å²) in [5, 5.41) is 3.32. The molecule has 0 aromatic carbocycles. The molecule has 14 heavy (non-hydrogen) atoms. The van der Waals surface area contributed by atoms with Crippen LogP contribution in [0.4, 0.5) is 0 Å². The van der Waals surface area contributed by atoms with Crippen molar-refractivity contribution in [2.45, 2.75) is 51.4 Å². The molecule has 1 heterocycles. The fourth-order valence-corrected chi connectivity index (χ4v) is 1.72. The maximum atomic E-state index is 3.32. The number of allylic oxidation sites excluding steroid dienone is 3. The van der Waals surface area contributed by atoms with Gasteiger partial charge in [0.05, 0.1) is 0 Å². The van der Waals surface area contributed by atoms with E-state index in [9.17, 15) is 0 Å². The molecule has 0 atom stereocenters. The molecule has 80 valence electrons. The Morgan fingerprint density at radius 3 is 2.43 bits per heavy atom. The normalized spacial score (nSPS) is 21.1. The molecule has 1 heteroatoms. The maximum absolute atomic E-state index is 3.32. The van der Waals surface area contributed by atoms with Crippen molar-refractivity contribution < 1.29 is 0 Å². The van der Waals surface area contributed by atoms with Crippen LogP contribution in [0.15, 0.2) is 24.4 Å². The largest absolute Gasteiger partial charge is 0.391 e. The Labute approximate surface area is 88.3 Å². The SMILES string of the molecule is C1=CCCCCCCCCNC=CC1. The van der Waals surface area contributed by atoms with Crippen molar-refractivity contribution in [1.82, 2.24) is 5.32 Å². The van der Waals surface area contributed by atoms with Crippen LogP contribution in [0.3, 0.4) is 0 Å². The Hall–Kier alpha value is -0.720. The van der Waals surface area contributed by atoms with Crippen molar-refractivity contribution >= 4 is 0 Å². The summed E-state index contributed by atoms with van der Waals surface area (Å²) in [6.45, 7) is 1.14. The first kappa shape index (κ1) is 11.4. The van der Waals surface area contributed by atoms with Crippen LogP contribution in [0.5, 0.6) is 0 Å². The Morgan fingerprint density at radius 1 is 0.714 bits per heavy atom. The summed E-state index contributed by atoms with van der Waals surface area (Å²) in [6.07, 6.45) is 19.5. The van der Waals surface area contributed by atoms with Gasteiger partial charge in [0, 0.05) is 6.54 Å². The molecule has 0 saturated heterocycles. The van der Waals surface area contributed by atoms with Gasteiger partial charge in [-0.1, -0.05) is 43.9 Å². The second-order valence-electron chi connectivity index (χ2n) is 3.97. The lowest BCUT2D eigenvalue weighted by Gasteiger charge is -2.02. The summed E-state index contributed by atoms with van der Waals surface area (Å²) in [5.41, 5.74) is 0. The van der Waals surface area contributed by atoms with E-state index in [1.807, 2.05) is 0 Å². The maximum Gasteiger partial charge on any atom is 0.0141 e. The van der Waals surface area contributed by atoms with E-state index in [1.165, 1.54) is 44.9 Å². The molecule has 0 fully saturated rings. The first-order chi connectivity index (χ1) is 7.00. The average molecular weight is 193 g/mol. The zero-order valence-electron chi connectivity index (χ0n) is 9.17. The highest BCUT2D eigenvalue weighted by Gasteiger charge is 1.90. The molecule has 1 nitrogen and oxygen atoms in total. The van der Waals surface area contributed by atoms with Crippen LogP contribution >= 0.6 is 0 Å². The molecule has 0 radical (unpaired) electrons. The molecule has 0 aliphatic carbocycles. The van der Waals surface area contributed by atoms with Crippen LogP contribution in [0.2, 0.25) is 0 Å². The third-order valence-electron chi connectivity index (χ3n) is 2.62. The molecule has 1 aliphatic rings. The van der Waals surface area contributed by atoms with Crippen molar-refractivity contribution in [2.24, 2.45) is 0 Å². The minimum atomic E-state index is 1.08. The molecule has 1 N–H and O–H groups in total. The highest BCUT2D eigenvalue weighted by atomic mass is 14.8. The van der Waals surface area contributed by atoms with Crippen LogP contribution in [-0.2, 0) is 0 Å². The molecule has 0 bridgehead atoms. The quantitative estimate of drug-likeness (QED) is 0.577. The topological polar surface area (TPSA) is 12.0 Å². The summed E-state index contributed by atoms with van der Waals surface area (Å²) in [5.74, 6) is 0. The van der Waals surface area contributed by atoms with Crippen LogP contribution in [0.1, 0.15) is 51.4 Å². The summed E-state index contributed by atoms with van der Waals surface area (Å²) < 4.78 is 0. The van der Waals surface area contributed by atoms with E-state index in [1.54, 1.807) is 0 Å². The van der Waals surface area contributed by atoms with E-state index in [0.717, 1.165) is 13.0 Å². The van der Waals surface area contributed by atoms with E-state index in [2.05, 4.69) is 29.7 Å². The summed E-state index contributed by atoms with van der Waals surface area (Å²) in [6, 6.07) is 0. The Balaban J connectivity index is 2.17. The lowest BCUT2D eigenvalue weighted by atomic mass is 10.1. The van der Waals surface area contributed by atoms with Crippen molar-refractivity contribution in [2.75, 3.05) is 6.54 Å². The molecule has 0 unspecified atom stereocenters. The van der Waals surface area contributed by atoms with E-state index < -0.39 is 0 Å². The highest BCUT2D eigenvalue weighted by Crippen LogP contribution is 2.07. The van der Waals surface area contributed by atoms with Gasteiger partial charge in [-0.25, -0.2) is 0 Å². The van der Waals surface area contributed by atoms with Crippen molar-refractivity contribution in [3.8, 4) is 0 Å². The van der Waals surface area contributed by atoms with Crippen molar-refractivity contribution in [3.05, 3.63) is 24.4 Å². The Bertz CT molecular complexity index is 152. The molecule has 0 spiro atoms. The van der Waals surface area contributed by atoms with Crippen LogP contribution < -0.4 is 5.32 Å². The van der Waals surface area contributed by atoms with Gasteiger partial charge in [0.1, 0.15) is 0 Å². The van der Waals surface area contributed by atoms with Gasteiger partial charge in [-0.3, -0.25) is 0 Å². The third-order valence-corrected chi connectivity index (χ3v) is 2.62. The van der Waals surface area contributed by atoms with Crippen LogP contribution in [0, 0.1) is 0 Å². The van der Waals surface area contributed by atoms with Gasteiger partial charge in [0.15, 0.2) is 0 Å². The van der Waals surface area contributed by atoms with Gasteiger partial charge in [0.25, 0.3) is 0 Å². The third kappa shape index (κ3) is 6.76. The first-order valence-electron chi connectivity index (χ1n) is 6.03. The molecule has 1 aliphatic heterocycles. The number of hydrogen-bond acceptors (Lipinski definition) is 1. The van der Waals surface area contributed by atoms with E-state index in [4.69, 9.17) is 0 Å². The van der Waals surface area contributed by atoms with Crippen molar-refractivity contribution in [3.63, 3.8) is 0 Å². The van der Waals surface area contributed by atoms with Crippen LogP contribution in [-0.4, -0.2) is 6.54 Å². The van der Waals surface area contributed by atoms with Gasteiger partial charge < -0.3 is 5.32 Å². The van der Waals surface area contributed by atoms with Gasteiger partial charge in [-0.2, -0.15) is 0 Å². The fraction of sp³-hybridized carbons (Fsp3) is 0.692. The minimum absolute atomic E-state index is 1.08. The van der Waals surface area contributed by atoms with Gasteiger partial charge in [-0.05, 0) is 31.9 Å². The van der Waals surface area contributed by atoms with E-state index in [0.29, 0.717) is 0 Å². The Morgan fingerprint density at radius 2 is 1.50 bits per heavy atom. The van der Waals surface area contributed by atoms with Gasteiger partial charge in [0.2, 0.25) is 0 Å². The van der Waals surface area contributed by atoms with E-state index >= 15 is 0 Å². The summed E-state index contributed by atoms with van der Waals surface area (Å²) in [7, 11) is 0. The fourth-order valence-electron chi connectivity index (χ4n) is 1.72. The van der Waals surface area contributed by atoms with E-state index in [-0.39, 0.29) is 0 Å². The van der Waals surface area contributed by atoms with Crippen LogP contribution in [0.25, 0.3) is 0 Å². The lowest BCUT2D eigenvalue weighted by Crippen LogP contribution is -2.06. The van der Waals surface area contributed by atoms with Gasteiger partial charge >= 0.3 is 0 Å². The first-order valence-corrected chi connectivity index (χ1v) is 6.03.